The molecule has 10 heteroatoms. The summed E-state index contributed by atoms with van der Waals surface area (Å²) in [6, 6.07) is 17.5. The molecule has 3 aromatic carbocycles. The molecule has 0 spiro atoms. The van der Waals surface area contributed by atoms with Crippen LogP contribution < -0.4 is 10.2 Å². The Morgan fingerprint density at radius 2 is 1.65 bits per heavy atom. The van der Waals surface area contributed by atoms with Gasteiger partial charge in [-0.15, -0.1) is 0 Å². The van der Waals surface area contributed by atoms with E-state index in [0.29, 0.717) is 12.1 Å². The van der Waals surface area contributed by atoms with Crippen molar-refractivity contribution in [3.8, 4) is 0 Å². The molecular weight excluding hydrogens is 479 g/mol. The van der Waals surface area contributed by atoms with Crippen LogP contribution in [0.3, 0.4) is 0 Å². The standard InChI is InChI=1S/C27H19FN4O5/c1-16-22(14-23-25(33)29-27(35)31(26(23)34)19-12-8-18(28)9-13-19)21-4-2-3-5-24(21)30(16)15-17-6-10-20(11-7-17)32(36)37/h2-14H,15H2,1H3,(H,29,33,35)/b23-14+. The Bertz CT molecular complexity index is 1620. The predicted octanol–water partition coefficient (Wildman–Crippen LogP) is 4.71. The molecule has 1 fully saturated rings. The van der Waals surface area contributed by atoms with Gasteiger partial charge in [0.25, 0.3) is 17.5 Å². The molecule has 1 N–H and O–H groups in total. The molecule has 5 rings (SSSR count). The maximum atomic E-state index is 13.4. The highest BCUT2D eigenvalue weighted by atomic mass is 19.1. The van der Waals surface area contributed by atoms with Crippen LogP contribution in [-0.2, 0) is 16.1 Å². The molecule has 0 atom stereocenters. The number of urea groups is 1. The van der Waals surface area contributed by atoms with Crippen molar-refractivity contribution in [2.24, 2.45) is 0 Å². The summed E-state index contributed by atoms with van der Waals surface area (Å²) in [5.41, 5.74) is 2.89. The smallest absolute Gasteiger partial charge is 0.335 e. The van der Waals surface area contributed by atoms with E-state index in [-0.39, 0.29) is 16.9 Å². The number of barbiturate groups is 1. The first-order chi connectivity index (χ1) is 17.7. The van der Waals surface area contributed by atoms with E-state index >= 15 is 0 Å². The fraction of sp³-hybridized carbons (Fsp3) is 0.0741. The second-order valence-corrected chi connectivity index (χ2v) is 8.46. The van der Waals surface area contributed by atoms with E-state index in [2.05, 4.69) is 5.32 Å². The lowest BCUT2D eigenvalue weighted by atomic mass is 10.0. The molecule has 1 saturated heterocycles. The van der Waals surface area contributed by atoms with Crippen LogP contribution in [0.5, 0.6) is 0 Å². The molecule has 1 aliphatic heterocycles. The Kier molecular flexibility index (Phi) is 5.84. The second kappa shape index (κ2) is 9.15. The van der Waals surface area contributed by atoms with E-state index in [9.17, 15) is 28.9 Å². The number of nitrogens with zero attached hydrogens (tertiary/aromatic N) is 3. The third-order valence-electron chi connectivity index (χ3n) is 6.24. The molecule has 4 aromatic rings. The van der Waals surface area contributed by atoms with Crippen LogP contribution in [-0.4, -0.2) is 27.3 Å². The number of hydrogen-bond donors (Lipinski definition) is 1. The first-order valence-corrected chi connectivity index (χ1v) is 11.2. The number of halogens is 1. The van der Waals surface area contributed by atoms with Crippen molar-refractivity contribution in [2.45, 2.75) is 13.5 Å². The minimum atomic E-state index is -0.920. The number of imide groups is 2. The van der Waals surface area contributed by atoms with Gasteiger partial charge in [-0.3, -0.25) is 25.0 Å². The van der Waals surface area contributed by atoms with Gasteiger partial charge in [-0.1, -0.05) is 30.3 Å². The predicted molar refractivity (Wildman–Crippen MR) is 134 cm³/mol. The third-order valence-corrected chi connectivity index (χ3v) is 6.24. The van der Waals surface area contributed by atoms with Gasteiger partial charge < -0.3 is 4.57 Å². The number of hydrogen-bond acceptors (Lipinski definition) is 5. The first kappa shape index (κ1) is 23.6. The highest BCUT2D eigenvalue weighted by molar-refractivity contribution is 6.39. The van der Waals surface area contributed by atoms with Crippen molar-refractivity contribution in [1.82, 2.24) is 9.88 Å². The number of fused-ring (bicyclic) bond motifs is 1. The average molecular weight is 498 g/mol. The van der Waals surface area contributed by atoms with Crippen LogP contribution in [0.15, 0.2) is 78.4 Å². The number of nitrogens with one attached hydrogen (secondary N) is 1. The van der Waals surface area contributed by atoms with E-state index in [4.69, 9.17) is 0 Å². The fourth-order valence-electron chi connectivity index (χ4n) is 4.38. The number of benzene rings is 3. The van der Waals surface area contributed by atoms with Crippen molar-refractivity contribution >= 4 is 46.2 Å². The van der Waals surface area contributed by atoms with Crippen LogP contribution in [0, 0.1) is 22.9 Å². The molecule has 0 unspecified atom stereocenters. The fourth-order valence-corrected chi connectivity index (χ4v) is 4.38. The van der Waals surface area contributed by atoms with Crippen molar-refractivity contribution in [3.05, 3.63) is 111 Å². The molecule has 184 valence electrons. The summed E-state index contributed by atoms with van der Waals surface area (Å²) < 4.78 is 15.4. The quantitative estimate of drug-likeness (QED) is 0.185. The van der Waals surface area contributed by atoms with Gasteiger partial charge in [0.05, 0.1) is 10.6 Å². The molecule has 4 amide bonds. The van der Waals surface area contributed by atoms with Gasteiger partial charge in [0.2, 0.25) is 0 Å². The van der Waals surface area contributed by atoms with Gasteiger partial charge >= 0.3 is 6.03 Å². The number of anilines is 1. The molecule has 9 nitrogen and oxygen atoms in total. The van der Waals surface area contributed by atoms with Crippen molar-refractivity contribution < 1.29 is 23.7 Å². The number of para-hydroxylation sites is 1. The Morgan fingerprint density at radius 3 is 2.32 bits per heavy atom. The normalized spacial score (nSPS) is 14.9. The number of carbonyl (C=O) groups is 3. The maximum absolute atomic E-state index is 13.4. The van der Waals surface area contributed by atoms with Gasteiger partial charge in [0, 0.05) is 40.8 Å². The number of nitro benzene ring substituents is 1. The van der Waals surface area contributed by atoms with Gasteiger partial charge in [0.15, 0.2) is 0 Å². The third kappa shape index (κ3) is 4.25. The number of aromatic nitrogens is 1. The highest BCUT2D eigenvalue weighted by Gasteiger charge is 2.37. The Balaban J connectivity index is 1.58. The molecule has 1 aliphatic rings. The monoisotopic (exact) mass is 498 g/mol. The van der Waals surface area contributed by atoms with Gasteiger partial charge in [0.1, 0.15) is 11.4 Å². The summed E-state index contributed by atoms with van der Waals surface area (Å²) in [5.74, 6) is -2.19. The topological polar surface area (TPSA) is 115 Å². The lowest BCUT2D eigenvalue weighted by Crippen LogP contribution is -2.54. The zero-order valence-electron chi connectivity index (χ0n) is 19.5. The molecule has 0 aliphatic carbocycles. The van der Waals surface area contributed by atoms with Gasteiger partial charge in [-0.2, -0.15) is 0 Å². The molecule has 0 radical (unpaired) electrons. The molecule has 2 heterocycles. The largest absolute Gasteiger partial charge is 0.340 e. The maximum Gasteiger partial charge on any atom is 0.335 e. The van der Waals surface area contributed by atoms with Crippen LogP contribution in [0.1, 0.15) is 16.8 Å². The van der Waals surface area contributed by atoms with E-state index < -0.39 is 28.6 Å². The summed E-state index contributed by atoms with van der Waals surface area (Å²) >= 11 is 0. The molecule has 37 heavy (non-hydrogen) atoms. The van der Waals surface area contributed by atoms with E-state index in [0.717, 1.165) is 39.2 Å². The summed E-state index contributed by atoms with van der Waals surface area (Å²) in [7, 11) is 0. The molecular formula is C27H19FN4O5. The average Bonchev–Trinajstić information content (AvgIpc) is 3.13. The van der Waals surface area contributed by atoms with Gasteiger partial charge in [-0.25, -0.2) is 14.1 Å². The van der Waals surface area contributed by atoms with Crippen LogP contribution >= 0.6 is 0 Å². The number of rotatable bonds is 5. The lowest BCUT2D eigenvalue weighted by molar-refractivity contribution is -0.384. The highest BCUT2D eigenvalue weighted by Crippen LogP contribution is 2.30. The number of nitro groups is 1. The summed E-state index contributed by atoms with van der Waals surface area (Å²) in [5, 5.41) is 13.9. The zero-order chi connectivity index (χ0) is 26.3. The second-order valence-electron chi connectivity index (χ2n) is 8.46. The van der Waals surface area contributed by atoms with Crippen LogP contribution in [0.4, 0.5) is 20.6 Å². The number of non-ortho nitro benzene ring substituents is 1. The van der Waals surface area contributed by atoms with E-state index in [1.54, 1.807) is 12.1 Å². The summed E-state index contributed by atoms with van der Waals surface area (Å²) in [6.45, 7) is 2.24. The number of amides is 4. The van der Waals surface area contributed by atoms with Gasteiger partial charge in [-0.05, 0) is 48.9 Å². The SMILES string of the molecule is Cc1c(/C=C2\C(=O)NC(=O)N(c3ccc(F)cc3)C2=O)c2ccccc2n1Cc1ccc([N+](=O)[O-])cc1. The van der Waals surface area contributed by atoms with Crippen LogP contribution in [0.2, 0.25) is 0 Å². The summed E-state index contributed by atoms with van der Waals surface area (Å²) in [4.78, 5) is 49.8. The molecule has 1 aromatic heterocycles. The lowest BCUT2D eigenvalue weighted by Gasteiger charge is -2.26. The first-order valence-electron chi connectivity index (χ1n) is 11.2. The number of carbonyl (C=O) groups excluding carboxylic acids is 3. The minimum absolute atomic E-state index is 0.00895. The van der Waals surface area contributed by atoms with E-state index in [1.807, 2.05) is 35.8 Å². The molecule has 0 saturated carbocycles. The van der Waals surface area contributed by atoms with Crippen molar-refractivity contribution in [1.29, 1.82) is 0 Å². The van der Waals surface area contributed by atoms with Crippen molar-refractivity contribution in [3.63, 3.8) is 0 Å². The Hall–Kier alpha value is -5.12. The van der Waals surface area contributed by atoms with Crippen molar-refractivity contribution in [2.75, 3.05) is 4.90 Å². The Morgan fingerprint density at radius 1 is 0.973 bits per heavy atom. The van der Waals surface area contributed by atoms with E-state index in [1.165, 1.54) is 30.3 Å². The van der Waals surface area contributed by atoms with Crippen LogP contribution in [0.25, 0.3) is 17.0 Å². The Labute approximate surface area is 209 Å². The minimum Gasteiger partial charge on any atom is -0.340 e. The zero-order valence-corrected chi connectivity index (χ0v) is 19.5. The molecule has 0 bridgehead atoms. The summed E-state index contributed by atoms with van der Waals surface area (Å²) in [6.07, 6.45) is 1.45.